The molecule has 0 aliphatic carbocycles. The Bertz CT molecular complexity index is 73.5. The first-order chi connectivity index (χ1) is 4.04. The number of rotatable bonds is 3. The van der Waals surface area contributed by atoms with Gasteiger partial charge in [-0.1, -0.05) is 13.8 Å². The average molecular weight is 130 g/mol. The van der Waals surface area contributed by atoms with Crippen LogP contribution < -0.4 is 0 Å². The highest BCUT2D eigenvalue weighted by Gasteiger charge is 2.18. The summed E-state index contributed by atoms with van der Waals surface area (Å²) in [6, 6.07) is 0. The van der Waals surface area contributed by atoms with E-state index in [-0.39, 0.29) is 11.9 Å². The molecule has 0 radical (unpaired) electrons. The third-order valence-corrected chi connectivity index (χ3v) is 0.982. The van der Waals surface area contributed by atoms with Crippen molar-refractivity contribution in [2.24, 2.45) is 0 Å². The number of hydrogen-bond acceptors (Lipinski definition) is 2. The van der Waals surface area contributed by atoms with E-state index in [1.165, 1.54) is 0 Å². The molecule has 54 valence electrons. The van der Waals surface area contributed by atoms with Gasteiger partial charge in [0.2, 0.25) is 0 Å². The summed E-state index contributed by atoms with van der Waals surface area (Å²) in [6.45, 7) is 7.66. The van der Waals surface area contributed by atoms with Gasteiger partial charge in [0.05, 0.1) is 0 Å². The zero-order valence-corrected chi connectivity index (χ0v) is 6.59. The molecule has 9 heavy (non-hydrogen) atoms. The third kappa shape index (κ3) is 4.49. The first-order valence-corrected chi connectivity index (χ1v) is 3.37. The molecule has 0 heterocycles. The Hall–Kier alpha value is -0.0151. The van der Waals surface area contributed by atoms with Gasteiger partial charge in [-0.25, -0.2) is 0 Å². The second-order valence-electron chi connectivity index (χ2n) is 2.82. The second kappa shape index (κ2) is 3.91. The molecule has 0 amide bonds. The minimum Gasteiger partial charge on any atom is -0.427 e. The van der Waals surface area contributed by atoms with Gasteiger partial charge in [-0.05, 0) is 19.7 Å². The Morgan fingerprint density at radius 3 is 1.78 bits per heavy atom. The van der Waals surface area contributed by atoms with Gasteiger partial charge < -0.3 is 9.68 Å². The molecule has 0 fully saturated rings. The first-order valence-electron chi connectivity index (χ1n) is 3.37. The van der Waals surface area contributed by atoms with E-state index in [4.69, 9.17) is 9.68 Å². The molecule has 0 spiro atoms. The van der Waals surface area contributed by atoms with Crippen LogP contribution in [0.3, 0.4) is 0 Å². The molecule has 3 heteroatoms. The van der Waals surface area contributed by atoms with Crippen LogP contribution in [0, 0.1) is 0 Å². The maximum Gasteiger partial charge on any atom is 0.457 e. The van der Waals surface area contributed by atoms with Crippen LogP contribution in [-0.4, -0.2) is 18.2 Å². The van der Waals surface area contributed by atoms with Gasteiger partial charge >= 0.3 is 7.12 Å². The largest absolute Gasteiger partial charge is 0.457 e. The highest BCUT2D eigenvalue weighted by molar-refractivity contribution is 6.44. The van der Waals surface area contributed by atoms with E-state index in [1.807, 2.05) is 27.7 Å². The molecule has 0 saturated carbocycles. The van der Waals surface area contributed by atoms with Crippen molar-refractivity contribution in [2.75, 3.05) is 0 Å². The van der Waals surface area contributed by atoms with Gasteiger partial charge in [-0.15, -0.1) is 0 Å². The van der Waals surface area contributed by atoms with E-state index >= 15 is 0 Å². The summed E-state index contributed by atoms with van der Waals surface area (Å²) in [6.07, 6.45) is 0.113. The van der Waals surface area contributed by atoms with Crippen LogP contribution in [0.1, 0.15) is 27.7 Å². The molecule has 0 aromatic heterocycles. The topological polar surface area (TPSA) is 29.5 Å². The van der Waals surface area contributed by atoms with E-state index in [9.17, 15) is 0 Å². The third-order valence-electron chi connectivity index (χ3n) is 0.982. The molecule has 0 aliphatic rings. The molecule has 1 N–H and O–H groups in total. The van der Waals surface area contributed by atoms with Crippen molar-refractivity contribution >= 4 is 7.12 Å². The Labute approximate surface area is 57.4 Å². The van der Waals surface area contributed by atoms with Crippen molar-refractivity contribution in [3.63, 3.8) is 0 Å². The fourth-order valence-corrected chi connectivity index (χ4v) is 0.436. The van der Waals surface area contributed by atoms with E-state index < -0.39 is 7.12 Å². The Kier molecular flexibility index (Phi) is 3.90. The van der Waals surface area contributed by atoms with E-state index in [2.05, 4.69) is 0 Å². The molecular weight excluding hydrogens is 115 g/mol. The summed E-state index contributed by atoms with van der Waals surface area (Å²) in [7, 11) is -0.606. The summed E-state index contributed by atoms with van der Waals surface area (Å²) in [5.41, 5.74) is 0. The van der Waals surface area contributed by atoms with Crippen molar-refractivity contribution < 1.29 is 9.68 Å². The summed E-state index contributed by atoms with van der Waals surface area (Å²) in [4.78, 5) is 0. The minimum atomic E-state index is -0.606. The molecule has 0 aromatic carbocycles. The zero-order valence-electron chi connectivity index (χ0n) is 6.59. The summed E-state index contributed by atoms with van der Waals surface area (Å²) >= 11 is 0. The molecule has 0 bridgehead atoms. The Balaban J connectivity index is 3.38. The Morgan fingerprint density at radius 1 is 1.22 bits per heavy atom. The molecule has 0 rings (SSSR count). The monoisotopic (exact) mass is 130 g/mol. The van der Waals surface area contributed by atoms with Crippen molar-refractivity contribution in [3.8, 4) is 0 Å². The van der Waals surface area contributed by atoms with Crippen molar-refractivity contribution in [1.29, 1.82) is 0 Å². The fourth-order valence-electron chi connectivity index (χ4n) is 0.436. The van der Waals surface area contributed by atoms with Gasteiger partial charge in [0.15, 0.2) is 0 Å². The maximum atomic E-state index is 9.07. The predicted molar refractivity (Wildman–Crippen MR) is 39.3 cm³/mol. The SMILES string of the molecule is CC(C)OB(O)C(C)C. The van der Waals surface area contributed by atoms with Crippen molar-refractivity contribution in [1.82, 2.24) is 0 Å². The summed E-state index contributed by atoms with van der Waals surface area (Å²) in [5.74, 6) is 0.187. The van der Waals surface area contributed by atoms with Crippen LogP contribution >= 0.6 is 0 Å². The van der Waals surface area contributed by atoms with E-state index in [0.29, 0.717) is 0 Å². The van der Waals surface area contributed by atoms with Crippen LogP contribution in [0.25, 0.3) is 0 Å². The van der Waals surface area contributed by atoms with Crippen molar-refractivity contribution in [3.05, 3.63) is 0 Å². The number of hydrogen-bond donors (Lipinski definition) is 1. The van der Waals surface area contributed by atoms with Crippen LogP contribution in [0.4, 0.5) is 0 Å². The first kappa shape index (κ1) is 8.98. The smallest absolute Gasteiger partial charge is 0.427 e. The lowest BCUT2D eigenvalue weighted by atomic mass is 9.75. The molecule has 0 saturated heterocycles. The maximum absolute atomic E-state index is 9.07. The highest BCUT2D eigenvalue weighted by atomic mass is 16.5. The molecular formula is C6H15BO2. The average Bonchev–Trinajstić information content (AvgIpc) is 1.63. The molecule has 0 aliphatic heterocycles. The lowest BCUT2D eigenvalue weighted by molar-refractivity contribution is 0.192. The van der Waals surface area contributed by atoms with Gasteiger partial charge in [-0.2, -0.15) is 0 Å². The predicted octanol–water partition coefficient (Wildman–Crippen LogP) is 1.30. The van der Waals surface area contributed by atoms with Gasteiger partial charge in [0, 0.05) is 6.10 Å². The Morgan fingerprint density at radius 2 is 1.67 bits per heavy atom. The van der Waals surface area contributed by atoms with Gasteiger partial charge in [0.25, 0.3) is 0 Å². The highest BCUT2D eigenvalue weighted by Crippen LogP contribution is 2.06. The van der Waals surface area contributed by atoms with E-state index in [1.54, 1.807) is 0 Å². The van der Waals surface area contributed by atoms with Gasteiger partial charge in [0.1, 0.15) is 0 Å². The molecule has 2 nitrogen and oxygen atoms in total. The second-order valence-corrected chi connectivity index (χ2v) is 2.82. The normalized spacial score (nSPS) is 11.0. The summed E-state index contributed by atoms with van der Waals surface area (Å²) in [5, 5.41) is 9.07. The molecule has 0 aromatic rings. The zero-order chi connectivity index (χ0) is 7.44. The molecule has 0 unspecified atom stereocenters. The van der Waals surface area contributed by atoms with Crippen LogP contribution in [0.5, 0.6) is 0 Å². The fraction of sp³-hybridized carbons (Fsp3) is 1.00. The lowest BCUT2D eigenvalue weighted by Crippen LogP contribution is -2.25. The molecule has 0 atom stereocenters. The quantitative estimate of drug-likeness (QED) is 0.583. The van der Waals surface area contributed by atoms with Crippen LogP contribution in [-0.2, 0) is 4.65 Å². The minimum absolute atomic E-state index is 0.113. The lowest BCUT2D eigenvalue weighted by Gasteiger charge is -2.13. The summed E-state index contributed by atoms with van der Waals surface area (Å²) < 4.78 is 5.07. The van der Waals surface area contributed by atoms with Crippen LogP contribution in [0.15, 0.2) is 0 Å². The van der Waals surface area contributed by atoms with E-state index in [0.717, 1.165) is 0 Å². The van der Waals surface area contributed by atoms with Gasteiger partial charge in [-0.3, -0.25) is 0 Å². The van der Waals surface area contributed by atoms with Crippen LogP contribution in [0.2, 0.25) is 5.82 Å². The van der Waals surface area contributed by atoms with Crippen molar-refractivity contribution in [2.45, 2.75) is 39.6 Å². The standard InChI is InChI=1S/C6H15BO2/c1-5(2)7(8)9-6(3)4/h5-6,8H,1-4H3.